The molecule has 0 radical (unpaired) electrons. The van der Waals surface area contributed by atoms with Crippen LogP contribution < -0.4 is 5.32 Å². The number of nitrogens with one attached hydrogen (secondary N) is 1. The van der Waals surface area contributed by atoms with Gasteiger partial charge >= 0.3 is 313 Å². The van der Waals surface area contributed by atoms with Gasteiger partial charge in [0, 0.05) is 0 Å². The Kier molecular flexibility index (Phi) is 11.9. The van der Waals surface area contributed by atoms with Crippen LogP contribution >= 0.6 is 7.51 Å². The van der Waals surface area contributed by atoms with Gasteiger partial charge in [0.15, 0.2) is 0 Å². The second-order valence-electron chi connectivity index (χ2n) is 14.6. The molecule has 2 heterocycles. The first-order chi connectivity index (χ1) is 27.0. The maximum atomic E-state index is 15.1. The Morgan fingerprint density at radius 1 is 0.473 bits per heavy atom. The number of carbonyl (C=O) groups is 2. The molecule has 5 aromatic rings. The molecule has 1 N–H and O–H groups in total. The molecule has 7 rings (SSSR count). The van der Waals surface area contributed by atoms with Gasteiger partial charge in [-0.15, -0.1) is 0 Å². The molecule has 2 aliphatic heterocycles. The Morgan fingerprint density at radius 3 is 1.16 bits per heavy atom. The number of benzene rings is 5. The molecule has 1 spiro atoms. The second-order valence-corrected chi connectivity index (χ2v) is 17.6. The number of hydrogen-bond acceptors (Lipinski definition) is 7. The molecule has 0 amide bonds. The second kappa shape index (κ2) is 17.0. The van der Waals surface area contributed by atoms with Crippen molar-refractivity contribution in [1.29, 1.82) is 0 Å². The zero-order valence-electron chi connectivity index (χ0n) is 31.7. The number of carbonyl (C=O) groups excluding carboxylic acids is 2. The van der Waals surface area contributed by atoms with E-state index >= 15 is 9.59 Å². The summed E-state index contributed by atoms with van der Waals surface area (Å²) in [6.45, 7) is 2.79. The minimum absolute atomic E-state index is 0.533. The van der Waals surface area contributed by atoms with E-state index in [-0.39, 0.29) is 0 Å². The quantitative estimate of drug-likeness (QED) is 0.0704. The molecule has 5 aromatic carbocycles. The van der Waals surface area contributed by atoms with Crippen molar-refractivity contribution < 1.29 is 27.7 Å². The van der Waals surface area contributed by atoms with Crippen LogP contribution in [0.4, 0.5) is 0 Å². The van der Waals surface area contributed by atoms with Crippen LogP contribution in [0.15, 0.2) is 152 Å². The van der Waals surface area contributed by atoms with Crippen molar-refractivity contribution >= 4 is 19.4 Å². The average molecular weight is 758 g/mol. The third-order valence-electron chi connectivity index (χ3n) is 10.8. The van der Waals surface area contributed by atoms with E-state index in [1.165, 1.54) is 44.9 Å². The summed E-state index contributed by atoms with van der Waals surface area (Å²) in [5, 5.41) is 3.70. The normalized spacial score (nSPS) is 18.9. The van der Waals surface area contributed by atoms with Crippen LogP contribution in [-0.2, 0) is 38.9 Å². The summed E-state index contributed by atoms with van der Waals surface area (Å²) in [4.78, 5) is 30.3. The van der Waals surface area contributed by atoms with Gasteiger partial charge in [0.25, 0.3) is 0 Å². The zero-order valence-corrected chi connectivity index (χ0v) is 32.6. The number of unbranched alkanes of at least 4 members (excludes halogenated alkanes) is 9. The maximum absolute atomic E-state index is 15.1. The van der Waals surface area contributed by atoms with Gasteiger partial charge in [0.2, 0.25) is 0 Å². The van der Waals surface area contributed by atoms with E-state index in [4.69, 9.17) is 18.1 Å². The molecule has 0 aromatic heterocycles. The van der Waals surface area contributed by atoms with Crippen molar-refractivity contribution in [3.8, 4) is 0 Å². The van der Waals surface area contributed by atoms with Crippen LogP contribution in [-0.4, -0.2) is 18.5 Å². The summed E-state index contributed by atoms with van der Waals surface area (Å²) < 4.78 is 28.5. The van der Waals surface area contributed by atoms with Crippen LogP contribution in [0, 0.1) is 0 Å². The fourth-order valence-corrected chi connectivity index (χ4v) is 12.2. The Bertz CT molecular complexity index is 1800. The molecule has 1 unspecified atom stereocenters. The Balaban J connectivity index is 1.34. The van der Waals surface area contributed by atoms with E-state index in [0.717, 1.165) is 19.3 Å². The molecule has 0 saturated carbocycles. The summed E-state index contributed by atoms with van der Waals surface area (Å²) >= 11 is 0. The summed E-state index contributed by atoms with van der Waals surface area (Å²) in [7, 11) is -5.47. The van der Waals surface area contributed by atoms with Crippen LogP contribution in [0.5, 0.6) is 0 Å². The Hall–Kier alpha value is -4.65. The molecule has 286 valence electrons. The van der Waals surface area contributed by atoms with Crippen LogP contribution in [0.2, 0.25) is 0 Å². The van der Waals surface area contributed by atoms with E-state index in [1.54, 1.807) is 0 Å². The van der Waals surface area contributed by atoms with Crippen molar-refractivity contribution in [2.24, 2.45) is 0 Å². The molecule has 2 aliphatic rings. The molecule has 2 saturated heterocycles. The topological polar surface area (TPSA) is 83.1 Å². The predicted octanol–water partition coefficient (Wildman–Crippen LogP) is 11.4. The van der Waals surface area contributed by atoms with E-state index in [9.17, 15) is 0 Å². The van der Waals surface area contributed by atoms with Crippen LogP contribution in [0.3, 0.4) is 0 Å². The third-order valence-corrected chi connectivity index (χ3v) is 14.3. The average Bonchev–Trinajstić information content (AvgIpc) is 3.67. The Labute approximate surface area is 325 Å². The summed E-state index contributed by atoms with van der Waals surface area (Å²) in [5.41, 5.74) is -0.805. The molecular weight excluding hydrogens is 705 g/mol. The van der Waals surface area contributed by atoms with Crippen molar-refractivity contribution in [3.63, 3.8) is 0 Å². The van der Waals surface area contributed by atoms with E-state index in [2.05, 4.69) is 12.2 Å². The van der Waals surface area contributed by atoms with Crippen molar-refractivity contribution in [2.45, 2.75) is 88.1 Å². The number of rotatable bonds is 18. The molecule has 1 atom stereocenters. The van der Waals surface area contributed by atoms with E-state index in [0.29, 0.717) is 34.4 Å². The number of hydrogen-bond donors (Lipinski definition) is 1. The molecular formula is C47H52NO6P. The predicted molar refractivity (Wildman–Crippen MR) is 218 cm³/mol. The first-order valence-corrected chi connectivity index (χ1v) is 21.9. The summed E-state index contributed by atoms with van der Waals surface area (Å²) in [6, 6.07) is 46.7. The van der Waals surface area contributed by atoms with Gasteiger partial charge in [0.05, 0.1) is 0 Å². The van der Waals surface area contributed by atoms with Gasteiger partial charge in [-0.2, -0.15) is 0 Å². The molecule has 2 fully saturated rings. The van der Waals surface area contributed by atoms with Gasteiger partial charge in [-0.05, 0) is 0 Å². The van der Waals surface area contributed by atoms with Gasteiger partial charge in [-0.3, -0.25) is 0 Å². The fourth-order valence-electron chi connectivity index (χ4n) is 8.02. The monoisotopic (exact) mass is 757 g/mol. The third kappa shape index (κ3) is 7.39. The molecule has 7 nitrogen and oxygen atoms in total. The van der Waals surface area contributed by atoms with Crippen molar-refractivity contribution in [3.05, 3.63) is 179 Å². The van der Waals surface area contributed by atoms with Crippen molar-refractivity contribution in [2.75, 3.05) is 6.54 Å². The zero-order chi connectivity index (χ0) is 38.1. The van der Waals surface area contributed by atoms with Gasteiger partial charge in [-0.25, -0.2) is 0 Å². The molecule has 0 aliphatic carbocycles. The van der Waals surface area contributed by atoms with Crippen LogP contribution in [0.1, 0.15) is 105 Å². The van der Waals surface area contributed by atoms with Gasteiger partial charge < -0.3 is 0 Å². The van der Waals surface area contributed by atoms with E-state index in [1.807, 2.05) is 152 Å². The van der Waals surface area contributed by atoms with Crippen LogP contribution in [0.25, 0.3) is 0 Å². The van der Waals surface area contributed by atoms with E-state index < -0.39 is 36.4 Å². The first kappa shape index (κ1) is 38.6. The SMILES string of the molecule is CCCCCCCCCCCCNC(c1ccccc1)P12(OC(=O)C(c3ccccc3)(c3ccccc3)O1)OC(=O)C(c1ccccc1)(c1ccccc1)O2. The minimum atomic E-state index is -5.47. The van der Waals surface area contributed by atoms with Gasteiger partial charge in [0.1, 0.15) is 0 Å². The first-order valence-electron chi connectivity index (χ1n) is 19.9. The summed E-state index contributed by atoms with van der Waals surface area (Å²) in [6.07, 6.45) is 11.9. The fraction of sp³-hybridized carbons (Fsp3) is 0.319. The molecule has 0 bridgehead atoms. The van der Waals surface area contributed by atoms with Crippen molar-refractivity contribution in [1.82, 2.24) is 5.32 Å². The molecule has 55 heavy (non-hydrogen) atoms. The standard InChI is InChI=1S/C47H52NO6P/c1-2-3-4-5-6-7-8-9-10-26-37-48-43(38-27-16-11-17-28-38)55(51-44(49)46(53-55,39-29-18-12-19-30-39)40-31-20-13-21-32-40)52-45(50)47(54-55,41-33-22-14-23-34-41)42-35-24-15-25-36-42/h11-25,27-36,43,48H,2-10,26,37H2,1H3. The van der Waals surface area contributed by atoms with Gasteiger partial charge in [-0.1, -0.05) is 13.3 Å². The summed E-state index contributed by atoms with van der Waals surface area (Å²) in [5.74, 6) is -2.41. The molecule has 8 heteroatoms. The Morgan fingerprint density at radius 2 is 0.800 bits per heavy atom.